The topological polar surface area (TPSA) is 30.5 Å². The van der Waals surface area contributed by atoms with Crippen LogP contribution >= 0.6 is 0 Å². The first-order valence-electron chi connectivity index (χ1n) is 6.76. The fourth-order valence-electron chi connectivity index (χ4n) is 2.35. The Balaban J connectivity index is 2.47. The molecule has 4 heteroatoms. The van der Waals surface area contributed by atoms with Crippen molar-refractivity contribution >= 4 is 0 Å². The summed E-state index contributed by atoms with van der Waals surface area (Å²) in [7, 11) is 5.06. The van der Waals surface area contributed by atoms with Crippen molar-refractivity contribution in [3.8, 4) is 11.5 Å². The zero-order valence-corrected chi connectivity index (χ0v) is 12.7. The van der Waals surface area contributed by atoms with Crippen LogP contribution in [0.2, 0.25) is 0 Å². The molecule has 112 valence electrons. The second-order valence-corrected chi connectivity index (χ2v) is 4.84. The molecule has 3 nitrogen and oxygen atoms in total. The maximum Gasteiger partial charge on any atom is 0.127 e. The molecule has 0 radical (unpaired) electrons. The molecule has 1 atom stereocenters. The van der Waals surface area contributed by atoms with Crippen LogP contribution in [0.1, 0.15) is 22.7 Å². The van der Waals surface area contributed by atoms with Gasteiger partial charge in [-0.15, -0.1) is 0 Å². The van der Waals surface area contributed by atoms with Gasteiger partial charge in [0.25, 0.3) is 0 Å². The van der Waals surface area contributed by atoms with Crippen LogP contribution < -0.4 is 14.8 Å². The van der Waals surface area contributed by atoms with Crippen LogP contribution in [0.4, 0.5) is 4.39 Å². The van der Waals surface area contributed by atoms with Crippen LogP contribution in [0.25, 0.3) is 0 Å². The summed E-state index contributed by atoms with van der Waals surface area (Å²) < 4.78 is 24.5. The molecule has 0 aromatic heterocycles. The Morgan fingerprint density at radius 1 is 1.05 bits per heavy atom. The number of ether oxygens (including phenoxy) is 2. The average Bonchev–Trinajstić information content (AvgIpc) is 2.51. The quantitative estimate of drug-likeness (QED) is 0.914. The average molecular weight is 289 g/mol. The van der Waals surface area contributed by atoms with E-state index >= 15 is 0 Å². The Labute approximate surface area is 124 Å². The third kappa shape index (κ3) is 3.16. The smallest absolute Gasteiger partial charge is 0.127 e. The molecule has 2 rings (SSSR count). The summed E-state index contributed by atoms with van der Waals surface area (Å²) in [4.78, 5) is 0. The molecule has 0 aliphatic carbocycles. The Bertz CT molecular complexity index is 628. The van der Waals surface area contributed by atoms with Crippen LogP contribution in [-0.4, -0.2) is 21.3 Å². The first kappa shape index (κ1) is 15.3. The van der Waals surface area contributed by atoms with Gasteiger partial charge >= 0.3 is 0 Å². The van der Waals surface area contributed by atoms with E-state index in [0.29, 0.717) is 11.3 Å². The lowest BCUT2D eigenvalue weighted by Crippen LogP contribution is -2.18. The third-order valence-electron chi connectivity index (χ3n) is 3.57. The molecule has 0 bridgehead atoms. The normalized spacial score (nSPS) is 12.0. The summed E-state index contributed by atoms with van der Waals surface area (Å²) >= 11 is 0. The van der Waals surface area contributed by atoms with Gasteiger partial charge in [0.05, 0.1) is 20.3 Å². The van der Waals surface area contributed by atoms with Gasteiger partial charge in [-0.25, -0.2) is 4.39 Å². The molecule has 0 heterocycles. The second-order valence-electron chi connectivity index (χ2n) is 4.84. The van der Waals surface area contributed by atoms with Crippen molar-refractivity contribution in [2.75, 3.05) is 21.3 Å². The minimum Gasteiger partial charge on any atom is -0.497 e. The Morgan fingerprint density at radius 3 is 2.38 bits per heavy atom. The number of aryl methyl sites for hydroxylation is 1. The van der Waals surface area contributed by atoms with Crippen LogP contribution in [0.5, 0.6) is 11.5 Å². The van der Waals surface area contributed by atoms with Crippen molar-refractivity contribution in [2.24, 2.45) is 0 Å². The number of hydrogen-bond donors (Lipinski definition) is 1. The van der Waals surface area contributed by atoms with Gasteiger partial charge in [0.2, 0.25) is 0 Å². The lowest BCUT2D eigenvalue weighted by molar-refractivity contribution is 0.388. The van der Waals surface area contributed by atoms with E-state index in [1.165, 1.54) is 0 Å². The number of rotatable bonds is 5. The van der Waals surface area contributed by atoms with Crippen LogP contribution in [0.3, 0.4) is 0 Å². The van der Waals surface area contributed by atoms with Crippen molar-refractivity contribution in [2.45, 2.75) is 13.0 Å². The molecule has 0 fully saturated rings. The zero-order valence-electron chi connectivity index (χ0n) is 12.7. The standard InChI is InChI=1S/C17H20FNO2/c1-11-5-6-12(9-15(11)18)17(19-2)14-8-7-13(20-3)10-16(14)21-4/h5-10,17,19H,1-4H3. The third-order valence-corrected chi connectivity index (χ3v) is 3.57. The molecule has 0 aliphatic heterocycles. The number of methoxy groups -OCH3 is 2. The summed E-state index contributed by atoms with van der Waals surface area (Å²) in [5, 5.41) is 3.21. The Morgan fingerprint density at radius 2 is 1.81 bits per heavy atom. The predicted molar refractivity (Wildman–Crippen MR) is 81.6 cm³/mol. The lowest BCUT2D eigenvalue weighted by atomic mass is 9.96. The molecule has 2 aromatic carbocycles. The van der Waals surface area contributed by atoms with Crippen molar-refractivity contribution in [1.82, 2.24) is 5.32 Å². The van der Waals surface area contributed by atoms with Gasteiger partial charge in [-0.05, 0) is 43.3 Å². The van der Waals surface area contributed by atoms with E-state index in [1.54, 1.807) is 33.3 Å². The van der Waals surface area contributed by atoms with Gasteiger partial charge < -0.3 is 14.8 Å². The minimum absolute atomic E-state index is 0.152. The number of halogens is 1. The van der Waals surface area contributed by atoms with Gasteiger partial charge in [-0.2, -0.15) is 0 Å². The van der Waals surface area contributed by atoms with E-state index in [0.717, 1.165) is 16.9 Å². The summed E-state index contributed by atoms with van der Waals surface area (Å²) in [6.07, 6.45) is 0. The number of benzene rings is 2. The van der Waals surface area contributed by atoms with E-state index in [2.05, 4.69) is 5.32 Å². The van der Waals surface area contributed by atoms with Crippen molar-refractivity contribution in [3.05, 3.63) is 58.9 Å². The van der Waals surface area contributed by atoms with Crippen molar-refractivity contribution in [1.29, 1.82) is 0 Å². The fraction of sp³-hybridized carbons (Fsp3) is 0.294. The molecule has 1 unspecified atom stereocenters. The monoisotopic (exact) mass is 289 g/mol. The maximum absolute atomic E-state index is 13.8. The zero-order chi connectivity index (χ0) is 15.4. The minimum atomic E-state index is -0.208. The highest BCUT2D eigenvalue weighted by atomic mass is 19.1. The van der Waals surface area contributed by atoms with Crippen molar-refractivity contribution < 1.29 is 13.9 Å². The summed E-state index contributed by atoms with van der Waals surface area (Å²) in [5.41, 5.74) is 2.42. The largest absolute Gasteiger partial charge is 0.497 e. The number of hydrogen-bond acceptors (Lipinski definition) is 3. The molecule has 0 aliphatic rings. The molecule has 21 heavy (non-hydrogen) atoms. The molecule has 0 amide bonds. The highest BCUT2D eigenvalue weighted by molar-refractivity contribution is 5.46. The first-order valence-corrected chi connectivity index (χ1v) is 6.76. The molecule has 1 N–H and O–H groups in total. The summed E-state index contributed by atoms with van der Waals surface area (Å²) in [6, 6.07) is 10.7. The highest BCUT2D eigenvalue weighted by Gasteiger charge is 2.18. The molecule has 0 spiro atoms. The second kappa shape index (κ2) is 6.59. The summed E-state index contributed by atoms with van der Waals surface area (Å²) in [5.74, 6) is 1.22. The van der Waals surface area contributed by atoms with Crippen LogP contribution in [0.15, 0.2) is 36.4 Å². The van der Waals surface area contributed by atoms with E-state index in [-0.39, 0.29) is 11.9 Å². The van der Waals surface area contributed by atoms with Crippen LogP contribution in [0, 0.1) is 12.7 Å². The van der Waals surface area contributed by atoms with Crippen molar-refractivity contribution in [3.63, 3.8) is 0 Å². The van der Waals surface area contributed by atoms with E-state index in [1.807, 2.05) is 31.3 Å². The fourth-order valence-corrected chi connectivity index (χ4v) is 2.35. The SMILES string of the molecule is CNC(c1ccc(C)c(F)c1)c1ccc(OC)cc1OC. The molecule has 2 aromatic rings. The number of nitrogens with one attached hydrogen (secondary N) is 1. The van der Waals surface area contributed by atoms with Gasteiger partial charge in [-0.3, -0.25) is 0 Å². The Kier molecular flexibility index (Phi) is 4.81. The Hall–Kier alpha value is -2.07. The molecule has 0 saturated carbocycles. The molecular formula is C17H20FNO2. The van der Waals surface area contributed by atoms with E-state index < -0.39 is 0 Å². The first-order chi connectivity index (χ1) is 10.1. The van der Waals surface area contributed by atoms with Gasteiger partial charge in [0.1, 0.15) is 17.3 Å². The van der Waals surface area contributed by atoms with Gasteiger partial charge in [0.15, 0.2) is 0 Å². The van der Waals surface area contributed by atoms with E-state index in [9.17, 15) is 4.39 Å². The summed E-state index contributed by atoms with van der Waals surface area (Å²) in [6.45, 7) is 1.75. The van der Waals surface area contributed by atoms with E-state index in [4.69, 9.17) is 9.47 Å². The van der Waals surface area contributed by atoms with Gasteiger partial charge in [0, 0.05) is 11.6 Å². The van der Waals surface area contributed by atoms with Crippen LogP contribution in [-0.2, 0) is 0 Å². The van der Waals surface area contributed by atoms with Gasteiger partial charge in [-0.1, -0.05) is 12.1 Å². The maximum atomic E-state index is 13.8. The highest BCUT2D eigenvalue weighted by Crippen LogP contribution is 2.33. The predicted octanol–water partition coefficient (Wildman–Crippen LogP) is 3.46. The molecule has 0 saturated heterocycles. The molecular weight excluding hydrogens is 269 g/mol. The lowest BCUT2D eigenvalue weighted by Gasteiger charge is -2.21.